The van der Waals surface area contributed by atoms with Crippen LogP contribution < -0.4 is 20.4 Å². The van der Waals surface area contributed by atoms with E-state index in [0.29, 0.717) is 22.5 Å². The van der Waals surface area contributed by atoms with E-state index in [4.69, 9.17) is 10.5 Å². The number of hydrogen-bond donors (Lipinski definition) is 2. The molecule has 0 unspecified atom stereocenters. The van der Waals surface area contributed by atoms with Crippen LogP contribution in [-0.4, -0.2) is 68.0 Å². The normalized spacial score (nSPS) is 11.1. The molecular formula is C21H20F3N5O2Se. The molecule has 0 radical (unpaired) electrons. The zero-order valence-electron chi connectivity index (χ0n) is 17.4. The number of fused-ring (bicyclic) bond motifs is 1. The molecule has 32 heavy (non-hydrogen) atoms. The second-order valence-corrected chi connectivity index (χ2v) is 8.96. The Balaban J connectivity index is 1.83. The molecule has 0 aliphatic heterocycles. The number of nitrogens with zero attached hydrogens (tertiary/aromatic N) is 3. The molecule has 0 atom stereocenters. The number of hydrogen-bond acceptors (Lipinski definition) is 5. The van der Waals surface area contributed by atoms with Gasteiger partial charge in [0, 0.05) is 14.1 Å². The Bertz CT molecular complexity index is 1210. The fourth-order valence-electron chi connectivity index (χ4n) is 2.91. The van der Waals surface area contributed by atoms with Crippen LogP contribution in [0.3, 0.4) is 0 Å². The number of ether oxygens (including phenoxy) is 1. The molecule has 3 N–H and O–H groups in total. The third-order valence-electron chi connectivity index (χ3n) is 4.34. The molecule has 3 rings (SSSR count). The van der Waals surface area contributed by atoms with Crippen molar-refractivity contribution in [2.75, 3.05) is 38.8 Å². The van der Waals surface area contributed by atoms with Crippen LogP contribution in [0.5, 0.6) is 5.75 Å². The van der Waals surface area contributed by atoms with Crippen molar-refractivity contribution in [1.82, 2.24) is 14.3 Å². The Hall–Kier alpha value is -3.35. The first-order valence-corrected chi connectivity index (χ1v) is 11.0. The van der Waals surface area contributed by atoms with Crippen LogP contribution >= 0.6 is 0 Å². The van der Waals surface area contributed by atoms with Gasteiger partial charge in [-0.25, -0.2) is 0 Å². The molecule has 1 aromatic carbocycles. The third kappa shape index (κ3) is 5.28. The van der Waals surface area contributed by atoms with E-state index in [9.17, 15) is 18.0 Å². The van der Waals surface area contributed by atoms with Gasteiger partial charge < -0.3 is 0 Å². The minimum atomic E-state index is -4.34. The van der Waals surface area contributed by atoms with E-state index < -0.39 is 20.0 Å². The fraction of sp³-hybridized carbons (Fsp3) is 0.238. The molecule has 11 heteroatoms. The van der Waals surface area contributed by atoms with E-state index in [-0.39, 0.29) is 28.4 Å². The fourth-order valence-corrected chi connectivity index (χ4v) is 4.37. The molecule has 2 heterocycles. The summed E-state index contributed by atoms with van der Waals surface area (Å²) in [5.41, 5.74) is 7.52. The molecule has 7 nitrogen and oxygen atoms in total. The Morgan fingerprint density at radius 1 is 1.34 bits per heavy atom. The number of methoxy groups -OCH3 is 1. The summed E-state index contributed by atoms with van der Waals surface area (Å²) in [5, 5.41) is -1.28. The number of halogens is 3. The molecule has 1 amide bonds. The van der Waals surface area contributed by atoms with Crippen molar-refractivity contribution in [3.05, 3.63) is 47.8 Å². The summed E-state index contributed by atoms with van der Waals surface area (Å²) in [5.74, 6) is 6.07. The van der Waals surface area contributed by atoms with E-state index in [0.717, 1.165) is 0 Å². The van der Waals surface area contributed by atoms with Crippen molar-refractivity contribution in [2.45, 2.75) is 5.07 Å². The quantitative estimate of drug-likeness (QED) is 0.405. The van der Waals surface area contributed by atoms with Crippen molar-refractivity contribution in [2.24, 2.45) is 0 Å². The average molecular weight is 510 g/mol. The summed E-state index contributed by atoms with van der Waals surface area (Å²) in [6.07, 6.45) is 2.80. The number of benzene rings is 1. The number of carbonyl (C=O) groups is 1. The van der Waals surface area contributed by atoms with Gasteiger partial charge in [-0.1, -0.05) is 0 Å². The second kappa shape index (κ2) is 9.42. The number of nitrogens with one attached hydrogen (secondary N) is 1. The first-order valence-electron chi connectivity index (χ1n) is 9.24. The molecule has 2 aromatic heterocycles. The van der Waals surface area contributed by atoms with E-state index in [1.165, 1.54) is 34.9 Å². The molecule has 0 aliphatic rings. The second-order valence-electron chi connectivity index (χ2n) is 6.75. The number of nitrogen functional groups attached to an aromatic ring is 1. The summed E-state index contributed by atoms with van der Waals surface area (Å²) in [4.78, 5) is 17.5. The topological polar surface area (TPSA) is 84.9 Å². The van der Waals surface area contributed by atoms with E-state index in [1.807, 2.05) is 0 Å². The number of amides is 1. The van der Waals surface area contributed by atoms with Gasteiger partial charge in [0.25, 0.3) is 0 Å². The Labute approximate surface area is 188 Å². The Kier molecular flexibility index (Phi) is 6.87. The first kappa shape index (κ1) is 23.3. The van der Waals surface area contributed by atoms with Crippen molar-refractivity contribution in [1.29, 1.82) is 0 Å². The van der Waals surface area contributed by atoms with Gasteiger partial charge in [0.15, 0.2) is 0 Å². The van der Waals surface area contributed by atoms with Crippen LogP contribution in [0, 0.1) is 11.8 Å². The van der Waals surface area contributed by atoms with Crippen LogP contribution in [0.1, 0.15) is 15.9 Å². The molecule has 0 spiro atoms. The van der Waals surface area contributed by atoms with Crippen molar-refractivity contribution < 1.29 is 22.7 Å². The average Bonchev–Trinajstić information content (AvgIpc) is 3.07. The molecule has 0 fully saturated rings. The number of carbonyl (C=O) groups excluding carboxylic acids is 1. The maximum atomic E-state index is 13.1. The maximum absolute atomic E-state index is 13.1. The zero-order valence-corrected chi connectivity index (χ0v) is 19.2. The van der Waals surface area contributed by atoms with Crippen molar-refractivity contribution in [3.8, 4) is 17.6 Å². The standard InChI is InChI=1S/C21H20F3N5O2Se/c1-28(2)19(30)13-6-7-15(17(12-13)31-3)26-8-4-5-14-11-16-18(25)27-9-10-29(16)20(14)32-21(22,23)24/h6-7,9-12,26H,8H2,1-3H3,(H2,25,27). The van der Waals surface area contributed by atoms with Gasteiger partial charge in [0.2, 0.25) is 0 Å². The summed E-state index contributed by atoms with van der Waals surface area (Å²) >= 11 is -1.80. The number of aromatic nitrogens is 2. The molecule has 0 saturated carbocycles. The molecule has 168 valence electrons. The monoisotopic (exact) mass is 511 g/mol. The third-order valence-corrected chi connectivity index (χ3v) is 6.10. The number of nitrogens with two attached hydrogens (primary N) is 1. The van der Waals surface area contributed by atoms with Crippen LogP contribution in [0.15, 0.2) is 36.7 Å². The number of anilines is 2. The van der Waals surface area contributed by atoms with Gasteiger partial charge in [0.1, 0.15) is 0 Å². The zero-order chi connectivity index (χ0) is 23.5. The molecular weight excluding hydrogens is 490 g/mol. The summed E-state index contributed by atoms with van der Waals surface area (Å²) in [6.45, 7) is 0.149. The Morgan fingerprint density at radius 2 is 2.09 bits per heavy atom. The van der Waals surface area contributed by atoms with Gasteiger partial charge in [0.05, 0.1) is 0 Å². The summed E-state index contributed by atoms with van der Waals surface area (Å²) in [6, 6.07) is 6.47. The van der Waals surface area contributed by atoms with E-state index >= 15 is 0 Å². The van der Waals surface area contributed by atoms with Crippen LogP contribution in [0.4, 0.5) is 24.7 Å². The molecule has 0 saturated heterocycles. The van der Waals surface area contributed by atoms with Gasteiger partial charge >= 0.3 is 175 Å². The molecule has 3 aromatic rings. The predicted molar refractivity (Wildman–Crippen MR) is 117 cm³/mol. The van der Waals surface area contributed by atoms with Crippen LogP contribution in [-0.2, 0) is 0 Å². The SMILES string of the molecule is COc1cc(C(=O)N(C)C)ccc1NCC#Cc1cc2c(N)nccn2c1[Se]C(F)(F)F. The van der Waals surface area contributed by atoms with Gasteiger partial charge in [-0.05, 0) is 0 Å². The van der Waals surface area contributed by atoms with Crippen LogP contribution in [0.2, 0.25) is 0 Å². The summed E-state index contributed by atoms with van der Waals surface area (Å²) < 4.78 is 46.2. The van der Waals surface area contributed by atoms with Crippen LogP contribution in [0.25, 0.3) is 5.52 Å². The Morgan fingerprint density at radius 3 is 2.75 bits per heavy atom. The first-order chi connectivity index (χ1) is 15.1. The minimum absolute atomic E-state index is 0.0609. The predicted octanol–water partition coefficient (Wildman–Crippen LogP) is 1.94. The van der Waals surface area contributed by atoms with Crippen molar-refractivity contribution in [3.63, 3.8) is 0 Å². The van der Waals surface area contributed by atoms with Gasteiger partial charge in [-0.15, -0.1) is 0 Å². The summed E-state index contributed by atoms with van der Waals surface area (Å²) in [7, 11) is 4.78. The van der Waals surface area contributed by atoms with Crippen molar-refractivity contribution >= 4 is 42.5 Å². The van der Waals surface area contributed by atoms with Gasteiger partial charge in [-0.3, -0.25) is 0 Å². The van der Waals surface area contributed by atoms with E-state index in [1.54, 1.807) is 32.3 Å². The number of rotatable bonds is 5. The molecule has 0 aliphatic carbocycles. The molecule has 0 bridgehead atoms. The number of alkyl halides is 3. The van der Waals surface area contributed by atoms with E-state index in [2.05, 4.69) is 22.1 Å². The van der Waals surface area contributed by atoms with Gasteiger partial charge in [-0.2, -0.15) is 0 Å².